The molecule has 3 heteroatoms. The van der Waals surface area contributed by atoms with Crippen LogP contribution in [0.3, 0.4) is 0 Å². The second-order valence-electron chi connectivity index (χ2n) is 3.66. The van der Waals surface area contributed by atoms with Gasteiger partial charge in [0.1, 0.15) is 0 Å². The van der Waals surface area contributed by atoms with Crippen LogP contribution < -0.4 is 0 Å². The van der Waals surface area contributed by atoms with Gasteiger partial charge in [-0.2, -0.15) is 0 Å². The molecule has 4 atom stereocenters. The average molecular weight is 158 g/mol. The van der Waals surface area contributed by atoms with Gasteiger partial charge >= 0.3 is 0 Å². The maximum atomic E-state index is 9.32. The minimum Gasteiger partial charge on any atom is -0.390 e. The van der Waals surface area contributed by atoms with Crippen LogP contribution in [0.5, 0.6) is 0 Å². The van der Waals surface area contributed by atoms with Crippen molar-refractivity contribution in [3.8, 4) is 0 Å². The van der Waals surface area contributed by atoms with Gasteiger partial charge in [0.2, 0.25) is 0 Å². The van der Waals surface area contributed by atoms with E-state index in [4.69, 9.17) is 4.74 Å². The summed E-state index contributed by atoms with van der Waals surface area (Å²) in [6.45, 7) is 1.54. The van der Waals surface area contributed by atoms with Crippen molar-refractivity contribution in [3.63, 3.8) is 0 Å². The van der Waals surface area contributed by atoms with Gasteiger partial charge in [-0.1, -0.05) is 0 Å². The lowest BCUT2D eigenvalue weighted by Crippen LogP contribution is -2.38. The number of rotatable bonds is 0. The molecule has 0 bridgehead atoms. The number of aliphatic hydroxyl groups excluding tert-OH is 2. The zero-order valence-electron chi connectivity index (χ0n) is 6.44. The molecule has 0 spiro atoms. The molecule has 0 aromatic carbocycles. The standard InChI is InChI=1S/C8H14O3/c9-7-1-5-3-11-4-6(5)2-8(7)10/h5-10H,1-4H2/t5-,6+,7+,8-. The predicted molar refractivity (Wildman–Crippen MR) is 39.0 cm³/mol. The first-order valence-electron chi connectivity index (χ1n) is 4.21. The molecule has 1 aliphatic heterocycles. The van der Waals surface area contributed by atoms with E-state index in [1.54, 1.807) is 0 Å². The molecule has 0 aromatic heterocycles. The number of aliphatic hydroxyl groups is 2. The summed E-state index contributed by atoms with van der Waals surface area (Å²) < 4.78 is 5.27. The van der Waals surface area contributed by atoms with Gasteiger partial charge in [-0.05, 0) is 24.7 Å². The van der Waals surface area contributed by atoms with Crippen molar-refractivity contribution in [1.29, 1.82) is 0 Å². The van der Waals surface area contributed by atoms with E-state index in [-0.39, 0.29) is 0 Å². The van der Waals surface area contributed by atoms with Crippen LogP contribution in [-0.2, 0) is 4.74 Å². The van der Waals surface area contributed by atoms with Crippen LogP contribution in [0.15, 0.2) is 0 Å². The fourth-order valence-corrected chi connectivity index (χ4v) is 2.10. The zero-order valence-corrected chi connectivity index (χ0v) is 6.44. The Hall–Kier alpha value is -0.120. The van der Waals surface area contributed by atoms with Crippen LogP contribution in [0.2, 0.25) is 0 Å². The highest BCUT2D eigenvalue weighted by Gasteiger charge is 2.38. The third-order valence-electron chi connectivity index (χ3n) is 2.86. The smallest absolute Gasteiger partial charge is 0.0802 e. The molecule has 64 valence electrons. The lowest BCUT2D eigenvalue weighted by molar-refractivity contribution is -0.0372. The molecule has 0 radical (unpaired) electrons. The maximum Gasteiger partial charge on any atom is 0.0802 e. The molecule has 2 rings (SSSR count). The second kappa shape index (κ2) is 2.73. The molecule has 1 heterocycles. The van der Waals surface area contributed by atoms with Crippen molar-refractivity contribution >= 4 is 0 Å². The van der Waals surface area contributed by atoms with Gasteiger partial charge in [-0.15, -0.1) is 0 Å². The Morgan fingerprint density at radius 3 is 1.82 bits per heavy atom. The predicted octanol–water partition coefficient (Wildman–Crippen LogP) is -0.235. The monoisotopic (exact) mass is 158 g/mol. The summed E-state index contributed by atoms with van der Waals surface area (Å²) >= 11 is 0. The Morgan fingerprint density at radius 1 is 0.909 bits per heavy atom. The summed E-state index contributed by atoms with van der Waals surface area (Å²) in [5.41, 5.74) is 0. The van der Waals surface area contributed by atoms with Crippen LogP contribution in [0.4, 0.5) is 0 Å². The summed E-state index contributed by atoms with van der Waals surface area (Å²) in [6, 6.07) is 0. The molecule has 2 N–H and O–H groups in total. The summed E-state index contributed by atoms with van der Waals surface area (Å²) in [5.74, 6) is 0.988. The van der Waals surface area contributed by atoms with Crippen LogP contribution >= 0.6 is 0 Å². The molecule has 1 saturated heterocycles. The molecule has 2 fully saturated rings. The SMILES string of the molecule is O[C@@H]1C[C@H]2COC[C@H]2C[C@@H]1O. The van der Waals surface area contributed by atoms with Crippen molar-refractivity contribution in [3.05, 3.63) is 0 Å². The van der Waals surface area contributed by atoms with Gasteiger partial charge in [0.05, 0.1) is 12.2 Å². The number of hydrogen-bond donors (Lipinski definition) is 2. The van der Waals surface area contributed by atoms with Crippen LogP contribution in [0.1, 0.15) is 12.8 Å². The van der Waals surface area contributed by atoms with Crippen LogP contribution in [0, 0.1) is 11.8 Å². The minimum absolute atomic E-state index is 0.494. The molecule has 11 heavy (non-hydrogen) atoms. The van der Waals surface area contributed by atoms with E-state index in [0.717, 1.165) is 13.2 Å². The molecule has 1 saturated carbocycles. The Kier molecular flexibility index (Phi) is 1.87. The van der Waals surface area contributed by atoms with E-state index in [9.17, 15) is 10.2 Å². The van der Waals surface area contributed by atoms with E-state index < -0.39 is 12.2 Å². The first-order chi connectivity index (χ1) is 5.27. The second-order valence-corrected chi connectivity index (χ2v) is 3.66. The van der Waals surface area contributed by atoms with Gasteiger partial charge in [0.25, 0.3) is 0 Å². The molecule has 1 aliphatic carbocycles. The summed E-state index contributed by atoms with van der Waals surface area (Å²) in [5, 5.41) is 18.6. The zero-order chi connectivity index (χ0) is 7.84. The third kappa shape index (κ3) is 1.28. The first kappa shape index (κ1) is 7.53. The van der Waals surface area contributed by atoms with Gasteiger partial charge in [0.15, 0.2) is 0 Å². The van der Waals surface area contributed by atoms with Crippen molar-refractivity contribution in [2.45, 2.75) is 25.0 Å². The van der Waals surface area contributed by atoms with Gasteiger partial charge in [0, 0.05) is 13.2 Å². The van der Waals surface area contributed by atoms with Crippen LogP contribution in [-0.4, -0.2) is 35.6 Å². The van der Waals surface area contributed by atoms with Gasteiger partial charge in [-0.25, -0.2) is 0 Å². The van der Waals surface area contributed by atoms with Crippen LogP contribution in [0.25, 0.3) is 0 Å². The Labute approximate surface area is 66.0 Å². The number of ether oxygens (including phenoxy) is 1. The normalized spacial score (nSPS) is 50.7. The van der Waals surface area contributed by atoms with E-state index >= 15 is 0 Å². The fraction of sp³-hybridized carbons (Fsp3) is 1.00. The molecule has 0 amide bonds. The third-order valence-corrected chi connectivity index (χ3v) is 2.86. The molecular weight excluding hydrogens is 144 g/mol. The fourth-order valence-electron chi connectivity index (χ4n) is 2.10. The van der Waals surface area contributed by atoms with E-state index in [0.29, 0.717) is 24.7 Å². The van der Waals surface area contributed by atoms with Crippen molar-refractivity contribution in [2.75, 3.05) is 13.2 Å². The summed E-state index contributed by atoms with van der Waals surface area (Å²) in [4.78, 5) is 0. The highest BCUT2D eigenvalue weighted by molar-refractivity contribution is 4.87. The van der Waals surface area contributed by atoms with E-state index in [1.165, 1.54) is 0 Å². The molecule has 0 unspecified atom stereocenters. The number of fused-ring (bicyclic) bond motifs is 1. The average Bonchev–Trinajstić information content (AvgIpc) is 2.36. The lowest BCUT2D eigenvalue weighted by Gasteiger charge is -2.31. The largest absolute Gasteiger partial charge is 0.390 e. The minimum atomic E-state index is -0.516. The molecule has 0 aromatic rings. The highest BCUT2D eigenvalue weighted by Crippen LogP contribution is 2.34. The summed E-state index contributed by atoms with van der Waals surface area (Å²) in [7, 11) is 0. The van der Waals surface area contributed by atoms with E-state index in [1.807, 2.05) is 0 Å². The molecule has 2 aliphatic rings. The van der Waals surface area contributed by atoms with Crippen molar-refractivity contribution < 1.29 is 14.9 Å². The Bertz CT molecular complexity index is 132. The van der Waals surface area contributed by atoms with Crippen molar-refractivity contribution in [1.82, 2.24) is 0 Å². The molecule has 3 nitrogen and oxygen atoms in total. The van der Waals surface area contributed by atoms with Crippen molar-refractivity contribution in [2.24, 2.45) is 11.8 Å². The van der Waals surface area contributed by atoms with E-state index in [2.05, 4.69) is 0 Å². The van der Waals surface area contributed by atoms with Gasteiger partial charge < -0.3 is 14.9 Å². The lowest BCUT2D eigenvalue weighted by atomic mass is 9.79. The Balaban J connectivity index is 2.00. The Morgan fingerprint density at radius 2 is 1.36 bits per heavy atom. The van der Waals surface area contributed by atoms with Gasteiger partial charge in [-0.3, -0.25) is 0 Å². The summed E-state index contributed by atoms with van der Waals surface area (Å²) in [6.07, 6.45) is 0.397. The quantitative estimate of drug-likeness (QED) is 0.511. The maximum absolute atomic E-state index is 9.32. The first-order valence-corrected chi connectivity index (χ1v) is 4.21. The topological polar surface area (TPSA) is 49.7 Å². The molecular formula is C8H14O3. The highest BCUT2D eigenvalue weighted by atomic mass is 16.5. The number of hydrogen-bond acceptors (Lipinski definition) is 3.